The first kappa shape index (κ1) is 24.9. The number of rotatable bonds is 7. The Morgan fingerprint density at radius 3 is 2.29 bits per heavy atom. The van der Waals surface area contributed by atoms with Gasteiger partial charge in [-0.05, 0) is 64.4 Å². The Balaban J connectivity index is 1.80. The lowest BCUT2D eigenvalue weighted by Crippen LogP contribution is -2.16. The van der Waals surface area contributed by atoms with Crippen molar-refractivity contribution in [1.29, 1.82) is 0 Å². The second-order valence-corrected chi connectivity index (χ2v) is 9.42. The normalized spacial score (nSPS) is 11.2. The van der Waals surface area contributed by atoms with Crippen LogP contribution < -0.4 is 10.0 Å². The number of anilines is 2. The summed E-state index contributed by atoms with van der Waals surface area (Å²) < 4.78 is 34.6. The molecule has 0 aliphatic rings. The van der Waals surface area contributed by atoms with Crippen molar-refractivity contribution in [3.05, 3.63) is 64.4 Å². The van der Waals surface area contributed by atoms with Crippen LogP contribution >= 0.6 is 0 Å². The molecule has 0 unspecified atom stereocenters. The predicted molar refractivity (Wildman–Crippen MR) is 128 cm³/mol. The molecule has 180 valence electrons. The summed E-state index contributed by atoms with van der Waals surface area (Å²) >= 11 is 0. The first-order valence-electron chi connectivity index (χ1n) is 10.5. The number of nitrogens with one attached hydrogen (secondary N) is 2. The number of hydrogen-bond donors (Lipinski definition) is 2. The molecule has 34 heavy (non-hydrogen) atoms. The average Bonchev–Trinajstić information content (AvgIpc) is 2.95. The van der Waals surface area contributed by atoms with E-state index in [1.165, 1.54) is 30.3 Å². The zero-order valence-corrected chi connectivity index (χ0v) is 20.7. The molecule has 2 aromatic heterocycles. The van der Waals surface area contributed by atoms with E-state index in [0.717, 1.165) is 0 Å². The van der Waals surface area contributed by atoms with E-state index in [0.29, 0.717) is 39.7 Å². The lowest BCUT2D eigenvalue weighted by molar-refractivity contribution is 0.0514. The van der Waals surface area contributed by atoms with E-state index in [1.54, 1.807) is 46.2 Å². The minimum absolute atomic E-state index is 0.0103. The monoisotopic (exact) mass is 485 g/mol. The third-order valence-corrected chi connectivity index (χ3v) is 6.62. The van der Waals surface area contributed by atoms with Crippen molar-refractivity contribution in [2.24, 2.45) is 7.05 Å². The van der Waals surface area contributed by atoms with E-state index >= 15 is 0 Å². The number of aryl methyl sites for hydroxylation is 2. The minimum atomic E-state index is -3.88. The third-order valence-electron chi connectivity index (χ3n) is 5.25. The molecular weight excluding hydrogens is 458 g/mol. The number of aromatic nitrogens is 3. The maximum absolute atomic E-state index is 13.0. The Morgan fingerprint density at radius 2 is 1.71 bits per heavy atom. The summed E-state index contributed by atoms with van der Waals surface area (Å²) in [6, 6.07) is 7.28. The van der Waals surface area contributed by atoms with E-state index < -0.39 is 21.9 Å². The molecule has 0 radical (unpaired) electrons. The van der Waals surface area contributed by atoms with E-state index in [4.69, 9.17) is 4.74 Å². The fourth-order valence-electron chi connectivity index (χ4n) is 3.68. The molecule has 3 rings (SSSR count). The number of carbonyl (C=O) groups excluding carboxylic acids is 2. The Labute approximate surface area is 198 Å². The van der Waals surface area contributed by atoms with Crippen LogP contribution in [-0.4, -0.2) is 41.4 Å². The molecule has 0 aliphatic heterocycles. The zero-order chi connectivity index (χ0) is 25.2. The van der Waals surface area contributed by atoms with Crippen molar-refractivity contribution in [3.63, 3.8) is 0 Å². The van der Waals surface area contributed by atoms with Gasteiger partial charge in [0.05, 0.1) is 17.1 Å². The van der Waals surface area contributed by atoms with Crippen molar-refractivity contribution in [2.75, 3.05) is 16.6 Å². The molecule has 1 amide bonds. The molecule has 2 heterocycles. The van der Waals surface area contributed by atoms with Crippen LogP contribution in [0.3, 0.4) is 0 Å². The van der Waals surface area contributed by atoms with Crippen molar-refractivity contribution >= 4 is 33.4 Å². The predicted octanol–water partition coefficient (Wildman–Crippen LogP) is 3.28. The van der Waals surface area contributed by atoms with Crippen molar-refractivity contribution < 1.29 is 22.7 Å². The van der Waals surface area contributed by atoms with Gasteiger partial charge in [-0.15, -0.1) is 0 Å². The van der Waals surface area contributed by atoms with Gasteiger partial charge in [-0.25, -0.2) is 23.2 Å². The highest BCUT2D eigenvalue weighted by molar-refractivity contribution is 7.92. The van der Waals surface area contributed by atoms with Crippen LogP contribution in [0.1, 0.15) is 50.5 Å². The molecule has 0 bridgehead atoms. The topological polar surface area (TPSA) is 132 Å². The van der Waals surface area contributed by atoms with Gasteiger partial charge >= 0.3 is 5.97 Å². The van der Waals surface area contributed by atoms with Crippen molar-refractivity contribution in [1.82, 2.24) is 14.5 Å². The quantitative estimate of drug-likeness (QED) is 0.491. The number of benzene rings is 1. The van der Waals surface area contributed by atoms with E-state index in [9.17, 15) is 18.0 Å². The number of nitrogens with zero attached hydrogens (tertiary/aromatic N) is 3. The second-order valence-electron chi connectivity index (χ2n) is 7.74. The molecule has 1 aromatic carbocycles. The molecule has 0 aliphatic carbocycles. The molecule has 2 N–H and O–H groups in total. The Bertz CT molecular complexity index is 1340. The number of hydrogen-bond acceptors (Lipinski definition) is 7. The van der Waals surface area contributed by atoms with E-state index in [2.05, 4.69) is 20.0 Å². The number of ether oxygens (including phenoxy) is 1. The average molecular weight is 486 g/mol. The van der Waals surface area contributed by atoms with Gasteiger partial charge in [-0.2, -0.15) is 0 Å². The smallest absolute Gasteiger partial charge is 0.355 e. The van der Waals surface area contributed by atoms with Crippen molar-refractivity contribution in [3.8, 4) is 0 Å². The van der Waals surface area contributed by atoms with Gasteiger partial charge in [0, 0.05) is 30.2 Å². The molecular formula is C23H27N5O5S. The Kier molecular flexibility index (Phi) is 7.06. The van der Waals surface area contributed by atoms with Gasteiger partial charge in [-0.1, -0.05) is 0 Å². The standard InChI is InChI=1S/C23H27N5O5S/c1-7-33-23(30)21-14(3)20(15(4)28(21)6)22(29)26-17-8-10-18(11-9-17)34(31,32)27-19-12-13(2)24-16(5)25-19/h8-12H,7H2,1-6H3,(H,26,29)(H,24,25,27). The fraction of sp³-hybridized carbons (Fsp3) is 0.304. The number of amides is 1. The first-order valence-corrected chi connectivity index (χ1v) is 12.0. The van der Waals surface area contributed by atoms with Crippen LogP contribution in [-0.2, 0) is 21.8 Å². The Morgan fingerprint density at radius 1 is 1.06 bits per heavy atom. The van der Waals surface area contributed by atoms with Gasteiger partial charge in [0.2, 0.25) is 0 Å². The van der Waals surface area contributed by atoms with Crippen LogP contribution in [0.2, 0.25) is 0 Å². The summed E-state index contributed by atoms with van der Waals surface area (Å²) in [5, 5.41) is 2.75. The molecule has 0 fully saturated rings. The third kappa shape index (κ3) is 5.09. The van der Waals surface area contributed by atoms with Gasteiger partial charge in [0.1, 0.15) is 17.3 Å². The molecule has 0 atom stereocenters. The fourth-order valence-corrected chi connectivity index (χ4v) is 4.67. The van der Waals surface area contributed by atoms with E-state index in [-0.39, 0.29) is 17.3 Å². The molecule has 3 aromatic rings. The number of sulfonamides is 1. The number of esters is 1. The van der Waals surface area contributed by atoms with Crippen LogP contribution in [0.5, 0.6) is 0 Å². The van der Waals surface area contributed by atoms with Crippen molar-refractivity contribution in [2.45, 2.75) is 39.5 Å². The van der Waals surface area contributed by atoms with Gasteiger partial charge < -0.3 is 14.6 Å². The molecule has 11 heteroatoms. The summed E-state index contributed by atoms with van der Waals surface area (Å²) in [5.41, 5.74) is 2.83. The Hall–Kier alpha value is -3.73. The minimum Gasteiger partial charge on any atom is -0.461 e. The van der Waals surface area contributed by atoms with Gasteiger partial charge in [0.15, 0.2) is 0 Å². The molecule has 0 saturated heterocycles. The summed E-state index contributed by atoms with van der Waals surface area (Å²) in [7, 11) is -2.19. The maximum atomic E-state index is 13.0. The molecule has 0 saturated carbocycles. The largest absolute Gasteiger partial charge is 0.461 e. The lowest BCUT2D eigenvalue weighted by Gasteiger charge is -2.10. The highest BCUT2D eigenvalue weighted by Crippen LogP contribution is 2.24. The SMILES string of the molecule is CCOC(=O)c1c(C)c(C(=O)Nc2ccc(S(=O)(=O)Nc3cc(C)nc(C)n3)cc2)c(C)n1C. The van der Waals surface area contributed by atoms with Crippen LogP contribution in [0.15, 0.2) is 35.2 Å². The highest BCUT2D eigenvalue weighted by atomic mass is 32.2. The van der Waals surface area contributed by atoms with Crippen LogP contribution in [0, 0.1) is 27.7 Å². The maximum Gasteiger partial charge on any atom is 0.355 e. The lowest BCUT2D eigenvalue weighted by atomic mass is 10.1. The highest BCUT2D eigenvalue weighted by Gasteiger charge is 2.26. The van der Waals surface area contributed by atoms with E-state index in [1.807, 2.05) is 0 Å². The second kappa shape index (κ2) is 9.64. The molecule has 0 spiro atoms. The first-order chi connectivity index (χ1) is 15.9. The van der Waals surface area contributed by atoms with Crippen LogP contribution in [0.25, 0.3) is 0 Å². The summed E-state index contributed by atoms with van der Waals surface area (Å²) in [4.78, 5) is 33.5. The van der Waals surface area contributed by atoms with Gasteiger partial charge in [-0.3, -0.25) is 9.52 Å². The number of carbonyl (C=O) groups is 2. The summed E-state index contributed by atoms with van der Waals surface area (Å²) in [6.45, 7) is 8.79. The summed E-state index contributed by atoms with van der Waals surface area (Å²) in [6.07, 6.45) is 0. The summed E-state index contributed by atoms with van der Waals surface area (Å²) in [5.74, 6) is -0.286. The van der Waals surface area contributed by atoms with Gasteiger partial charge in [0.25, 0.3) is 15.9 Å². The molecule has 10 nitrogen and oxygen atoms in total. The van der Waals surface area contributed by atoms with Crippen LogP contribution in [0.4, 0.5) is 11.5 Å². The zero-order valence-electron chi connectivity index (χ0n) is 19.9.